The molecule has 0 unspecified atom stereocenters. The van der Waals surface area contributed by atoms with Gasteiger partial charge in [0.05, 0.1) is 36.1 Å². The molecule has 26 heavy (non-hydrogen) atoms. The van der Waals surface area contributed by atoms with Crippen LogP contribution in [0.5, 0.6) is 0 Å². The molecular formula is C19H21N3O4. The largest absolute Gasteiger partial charge is 0.467 e. The van der Waals surface area contributed by atoms with Gasteiger partial charge in [-0.1, -0.05) is 5.16 Å². The molecule has 1 aliphatic rings. The number of methoxy groups -OCH3 is 1. The molecule has 0 N–H and O–H groups in total. The fourth-order valence-corrected chi connectivity index (χ4v) is 3.09. The first-order chi connectivity index (χ1) is 12.7. The van der Waals surface area contributed by atoms with E-state index >= 15 is 0 Å². The summed E-state index contributed by atoms with van der Waals surface area (Å²) in [6, 6.07) is 5.57. The quantitative estimate of drug-likeness (QED) is 0.647. The van der Waals surface area contributed by atoms with E-state index in [-0.39, 0.29) is 5.91 Å². The summed E-state index contributed by atoms with van der Waals surface area (Å²) in [5.74, 6) is 1.04. The number of carbonyl (C=O) groups excluding carboxylic acids is 1. The van der Waals surface area contributed by atoms with E-state index in [0.29, 0.717) is 48.0 Å². The van der Waals surface area contributed by atoms with Gasteiger partial charge in [0.15, 0.2) is 0 Å². The Balaban J connectivity index is 1.73. The predicted octanol–water partition coefficient (Wildman–Crippen LogP) is 3.29. The minimum absolute atomic E-state index is 0.0981. The molecular weight excluding hydrogens is 334 g/mol. The standard InChI is InChI=1S/C19H21N3O4/c1-12-17-15(10-16(13-5-6-13)20-18(17)26-21-12)19(23)22(7-9-24-2)11-14-4-3-8-25-14/h3-4,8,10,13H,5-7,9,11H2,1-2H3. The number of furan rings is 1. The lowest BCUT2D eigenvalue weighted by atomic mass is 10.1. The van der Waals surface area contributed by atoms with Crippen LogP contribution in [-0.4, -0.2) is 41.2 Å². The van der Waals surface area contributed by atoms with Gasteiger partial charge in [-0.2, -0.15) is 0 Å². The summed E-state index contributed by atoms with van der Waals surface area (Å²) >= 11 is 0. The SMILES string of the molecule is COCCN(Cc1ccco1)C(=O)c1cc(C2CC2)nc2onc(C)c12. The number of rotatable bonds is 7. The molecule has 0 bridgehead atoms. The number of pyridine rings is 1. The van der Waals surface area contributed by atoms with Gasteiger partial charge in [0.1, 0.15) is 5.76 Å². The highest BCUT2D eigenvalue weighted by Gasteiger charge is 2.30. The van der Waals surface area contributed by atoms with Crippen LogP contribution in [0, 0.1) is 6.92 Å². The summed E-state index contributed by atoms with van der Waals surface area (Å²) in [6.07, 6.45) is 3.80. The van der Waals surface area contributed by atoms with Gasteiger partial charge in [0.2, 0.25) is 0 Å². The Labute approximate surface area is 150 Å². The zero-order chi connectivity index (χ0) is 18.1. The number of hydrogen-bond donors (Lipinski definition) is 0. The lowest BCUT2D eigenvalue weighted by Gasteiger charge is -2.22. The van der Waals surface area contributed by atoms with Crippen LogP contribution in [0.1, 0.15) is 46.3 Å². The van der Waals surface area contributed by atoms with E-state index in [2.05, 4.69) is 10.1 Å². The molecule has 7 nitrogen and oxygen atoms in total. The van der Waals surface area contributed by atoms with Crippen molar-refractivity contribution in [2.24, 2.45) is 0 Å². The highest BCUT2D eigenvalue weighted by atomic mass is 16.5. The molecule has 0 radical (unpaired) electrons. The van der Waals surface area contributed by atoms with E-state index in [4.69, 9.17) is 13.7 Å². The maximum atomic E-state index is 13.4. The van der Waals surface area contributed by atoms with Crippen LogP contribution in [-0.2, 0) is 11.3 Å². The van der Waals surface area contributed by atoms with Crippen molar-refractivity contribution in [3.8, 4) is 0 Å². The summed E-state index contributed by atoms with van der Waals surface area (Å²) in [5.41, 5.74) is 2.59. The Hall–Kier alpha value is -2.67. The summed E-state index contributed by atoms with van der Waals surface area (Å²) in [7, 11) is 1.62. The molecule has 4 rings (SSSR count). The normalized spacial score (nSPS) is 14.1. The van der Waals surface area contributed by atoms with Crippen LogP contribution in [0.4, 0.5) is 0 Å². The number of aromatic nitrogens is 2. The maximum Gasteiger partial charge on any atom is 0.259 e. The first kappa shape index (κ1) is 16.8. The predicted molar refractivity (Wildman–Crippen MR) is 93.8 cm³/mol. The van der Waals surface area contributed by atoms with Gasteiger partial charge in [0, 0.05) is 25.3 Å². The summed E-state index contributed by atoms with van der Waals surface area (Å²) in [4.78, 5) is 19.6. The topological polar surface area (TPSA) is 81.6 Å². The number of amides is 1. The smallest absolute Gasteiger partial charge is 0.259 e. The lowest BCUT2D eigenvalue weighted by molar-refractivity contribution is 0.0668. The average molecular weight is 355 g/mol. The number of nitrogens with zero attached hydrogens (tertiary/aromatic N) is 3. The molecule has 1 aliphatic carbocycles. The molecule has 0 aliphatic heterocycles. The van der Waals surface area contributed by atoms with Crippen molar-refractivity contribution >= 4 is 17.0 Å². The third-order valence-corrected chi connectivity index (χ3v) is 4.64. The van der Waals surface area contributed by atoms with Crippen molar-refractivity contribution in [3.05, 3.63) is 47.2 Å². The molecule has 1 saturated carbocycles. The van der Waals surface area contributed by atoms with Crippen LogP contribution in [0.2, 0.25) is 0 Å². The molecule has 0 spiro atoms. The van der Waals surface area contributed by atoms with E-state index in [1.165, 1.54) is 0 Å². The van der Waals surface area contributed by atoms with E-state index in [9.17, 15) is 4.79 Å². The Morgan fingerprint density at radius 2 is 2.27 bits per heavy atom. The summed E-state index contributed by atoms with van der Waals surface area (Å²) in [5, 5.41) is 4.69. The third kappa shape index (κ3) is 3.22. The minimum Gasteiger partial charge on any atom is -0.467 e. The van der Waals surface area contributed by atoms with Gasteiger partial charge in [-0.15, -0.1) is 0 Å². The molecule has 136 valence electrons. The highest BCUT2D eigenvalue weighted by molar-refractivity contribution is 6.06. The van der Waals surface area contributed by atoms with Gasteiger partial charge in [-0.3, -0.25) is 4.79 Å². The fraction of sp³-hybridized carbons (Fsp3) is 0.421. The Morgan fingerprint density at radius 1 is 1.42 bits per heavy atom. The van der Waals surface area contributed by atoms with Gasteiger partial charge in [-0.25, -0.2) is 4.98 Å². The molecule has 1 amide bonds. The molecule has 3 heterocycles. The number of ether oxygens (including phenoxy) is 1. The molecule has 7 heteroatoms. The van der Waals surface area contributed by atoms with Gasteiger partial charge < -0.3 is 18.6 Å². The molecule has 3 aromatic rings. The summed E-state index contributed by atoms with van der Waals surface area (Å²) < 4.78 is 15.9. The number of hydrogen-bond acceptors (Lipinski definition) is 6. The molecule has 3 aromatic heterocycles. The third-order valence-electron chi connectivity index (χ3n) is 4.64. The first-order valence-electron chi connectivity index (χ1n) is 8.75. The molecule has 0 saturated heterocycles. The Morgan fingerprint density at radius 3 is 2.96 bits per heavy atom. The fourth-order valence-electron chi connectivity index (χ4n) is 3.09. The van der Waals surface area contributed by atoms with E-state index in [1.807, 2.05) is 25.1 Å². The van der Waals surface area contributed by atoms with Crippen LogP contribution in [0.3, 0.4) is 0 Å². The van der Waals surface area contributed by atoms with E-state index in [1.54, 1.807) is 18.3 Å². The first-order valence-corrected chi connectivity index (χ1v) is 8.75. The molecule has 0 aromatic carbocycles. The van der Waals surface area contributed by atoms with Crippen LogP contribution in [0.15, 0.2) is 33.4 Å². The van der Waals surface area contributed by atoms with Crippen LogP contribution >= 0.6 is 0 Å². The van der Waals surface area contributed by atoms with Crippen molar-refractivity contribution < 1.29 is 18.5 Å². The summed E-state index contributed by atoms with van der Waals surface area (Å²) in [6.45, 7) is 3.11. The van der Waals surface area contributed by atoms with Crippen LogP contribution in [0.25, 0.3) is 11.1 Å². The van der Waals surface area contributed by atoms with E-state index in [0.717, 1.165) is 24.3 Å². The molecule has 1 fully saturated rings. The van der Waals surface area contributed by atoms with Crippen LogP contribution < -0.4 is 0 Å². The lowest BCUT2D eigenvalue weighted by Crippen LogP contribution is -2.33. The van der Waals surface area contributed by atoms with Crippen molar-refractivity contribution in [3.63, 3.8) is 0 Å². The number of carbonyl (C=O) groups is 1. The number of fused-ring (bicyclic) bond motifs is 1. The van der Waals surface area contributed by atoms with Crippen molar-refractivity contribution in [1.29, 1.82) is 0 Å². The monoisotopic (exact) mass is 355 g/mol. The van der Waals surface area contributed by atoms with Gasteiger partial charge >= 0.3 is 0 Å². The zero-order valence-corrected chi connectivity index (χ0v) is 14.9. The Bertz CT molecular complexity index is 912. The number of aryl methyl sites for hydroxylation is 1. The minimum atomic E-state index is -0.0981. The second-order valence-electron chi connectivity index (χ2n) is 6.62. The zero-order valence-electron chi connectivity index (χ0n) is 14.9. The Kier molecular flexibility index (Phi) is 4.46. The van der Waals surface area contributed by atoms with Gasteiger partial charge in [0.25, 0.3) is 11.6 Å². The van der Waals surface area contributed by atoms with E-state index < -0.39 is 0 Å². The van der Waals surface area contributed by atoms with Gasteiger partial charge in [-0.05, 0) is 38.0 Å². The second-order valence-corrected chi connectivity index (χ2v) is 6.62. The van der Waals surface area contributed by atoms with Crippen molar-refractivity contribution in [2.45, 2.75) is 32.2 Å². The van der Waals surface area contributed by atoms with Crippen molar-refractivity contribution in [2.75, 3.05) is 20.3 Å². The second kappa shape index (κ2) is 6.92. The maximum absolute atomic E-state index is 13.4. The molecule has 0 atom stereocenters. The van der Waals surface area contributed by atoms with Crippen molar-refractivity contribution in [1.82, 2.24) is 15.0 Å². The average Bonchev–Trinajstić information content (AvgIpc) is 3.26. The highest BCUT2D eigenvalue weighted by Crippen LogP contribution is 2.40.